The molecule has 2 amide bonds. The molecule has 0 aliphatic carbocycles. The summed E-state index contributed by atoms with van der Waals surface area (Å²) in [5, 5.41) is 4.12. The molecule has 10 heteroatoms. The van der Waals surface area contributed by atoms with Crippen molar-refractivity contribution >= 4 is 63.8 Å². The van der Waals surface area contributed by atoms with Crippen LogP contribution in [-0.2, 0) is 6.18 Å². The molecule has 0 aliphatic rings. The van der Waals surface area contributed by atoms with Gasteiger partial charge in [-0.05, 0) is 30.3 Å². The van der Waals surface area contributed by atoms with Gasteiger partial charge in [-0.1, -0.05) is 46.4 Å². The summed E-state index contributed by atoms with van der Waals surface area (Å²) in [6.45, 7) is 0. The first-order valence-electron chi connectivity index (χ1n) is 6.18. The molecule has 2 aromatic rings. The summed E-state index contributed by atoms with van der Waals surface area (Å²) < 4.78 is 38.2. The fourth-order valence-electron chi connectivity index (χ4n) is 1.73. The van der Waals surface area contributed by atoms with Crippen molar-refractivity contribution < 1.29 is 18.0 Å². The number of halogens is 7. The average Bonchev–Trinajstić information content (AvgIpc) is 2.46. The highest BCUT2D eigenvalue weighted by Crippen LogP contribution is 2.41. The second-order valence-electron chi connectivity index (χ2n) is 4.49. The smallest absolute Gasteiger partial charge is 0.306 e. The Balaban J connectivity index is 2.21. The molecule has 0 radical (unpaired) electrons. The van der Waals surface area contributed by atoms with Crippen LogP contribution >= 0.6 is 46.4 Å². The van der Waals surface area contributed by atoms with Gasteiger partial charge in [0, 0.05) is 5.02 Å². The van der Waals surface area contributed by atoms with Crippen LogP contribution in [0.25, 0.3) is 0 Å². The van der Waals surface area contributed by atoms with E-state index in [-0.39, 0.29) is 16.4 Å². The summed E-state index contributed by atoms with van der Waals surface area (Å²) in [5.74, 6) is 0. The lowest BCUT2D eigenvalue weighted by Gasteiger charge is -2.14. The molecule has 24 heavy (non-hydrogen) atoms. The van der Waals surface area contributed by atoms with Crippen molar-refractivity contribution in [2.24, 2.45) is 0 Å². The molecular formula is C14H7Cl4F3N2O. The number of benzene rings is 2. The van der Waals surface area contributed by atoms with Crippen molar-refractivity contribution in [1.82, 2.24) is 0 Å². The van der Waals surface area contributed by atoms with Gasteiger partial charge in [0.25, 0.3) is 0 Å². The third kappa shape index (κ3) is 4.39. The lowest BCUT2D eigenvalue weighted by Crippen LogP contribution is -2.20. The first-order chi connectivity index (χ1) is 11.1. The van der Waals surface area contributed by atoms with E-state index in [4.69, 9.17) is 46.4 Å². The minimum absolute atomic E-state index is 0.0923. The number of rotatable bonds is 2. The quantitative estimate of drug-likeness (QED) is 0.544. The van der Waals surface area contributed by atoms with E-state index in [1.54, 1.807) is 0 Å². The second-order valence-corrected chi connectivity index (χ2v) is 6.09. The number of amides is 2. The Morgan fingerprint density at radius 2 is 1.50 bits per heavy atom. The molecular weight excluding hydrogens is 411 g/mol. The van der Waals surface area contributed by atoms with Crippen LogP contribution in [0.5, 0.6) is 0 Å². The van der Waals surface area contributed by atoms with E-state index in [9.17, 15) is 18.0 Å². The lowest BCUT2D eigenvalue weighted by molar-refractivity contribution is -0.137. The third-order valence-corrected chi connectivity index (χ3v) is 4.26. The summed E-state index contributed by atoms with van der Waals surface area (Å²) in [6.07, 6.45) is -4.66. The van der Waals surface area contributed by atoms with E-state index in [2.05, 4.69) is 10.6 Å². The van der Waals surface area contributed by atoms with E-state index in [1.165, 1.54) is 18.2 Å². The van der Waals surface area contributed by atoms with Gasteiger partial charge in [-0.15, -0.1) is 0 Å². The predicted molar refractivity (Wildman–Crippen MR) is 90.6 cm³/mol. The third-order valence-electron chi connectivity index (χ3n) is 2.81. The normalized spacial score (nSPS) is 11.3. The molecule has 0 saturated heterocycles. The lowest BCUT2D eigenvalue weighted by atomic mass is 10.2. The molecule has 0 saturated carbocycles. The van der Waals surface area contributed by atoms with Crippen LogP contribution < -0.4 is 10.6 Å². The number of hydrogen-bond donors (Lipinski definition) is 2. The molecule has 0 aromatic heterocycles. The highest BCUT2D eigenvalue weighted by atomic mass is 35.5. The summed E-state index contributed by atoms with van der Waals surface area (Å²) >= 11 is 23.1. The van der Waals surface area contributed by atoms with Crippen molar-refractivity contribution in [3.8, 4) is 0 Å². The largest absolute Gasteiger partial charge is 0.417 e. The fourth-order valence-corrected chi connectivity index (χ4v) is 2.55. The first kappa shape index (κ1) is 19.0. The molecule has 2 N–H and O–H groups in total. The van der Waals surface area contributed by atoms with Crippen LogP contribution in [-0.4, -0.2) is 6.03 Å². The number of anilines is 2. The van der Waals surface area contributed by atoms with Gasteiger partial charge >= 0.3 is 12.2 Å². The van der Waals surface area contributed by atoms with Gasteiger partial charge in [-0.25, -0.2) is 4.79 Å². The summed E-state index contributed by atoms with van der Waals surface area (Å²) in [5.41, 5.74) is -0.973. The van der Waals surface area contributed by atoms with Gasteiger partial charge in [0.15, 0.2) is 0 Å². The number of urea groups is 1. The van der Waals surface area contributed by atoms with Gasteiger partial charge in [0.05, 0.1) is 32.0 Å². The highest BCUT2D eigenvalue weighted by Gasteiger charge is 2.34. The maximum Gasteiger partial charge on any atom is 0.417 e. The Morgan fingerprint density at radius 3 is 2.12 bits per heavy atom. The fraction of sp³-hybridized carbons (Fsp3) is 0.0714. The predicted octanol–water partition coefficient (Wildman–Crippen LogP) is 6.96. The van der Waals surface area contributed by atoms with Crippen molar-refractivity contribution in [3.05, 3.63) is 56.0 Å². The minimum Gasteiger partial charge on any atom is -0.306 e. The number of carbonyl (C=O) groups is 1. The zero-order valence-electron chi connectivity index (χ0n) is 11.4. The molecule has 0 atom stereocenters. The van der Waals surface area contributed by atoms with E-state index in [1.807, 2.05) is 0 Å². The molecule has 128 valence electrons. The molecule has 0 bridgehead atoms. The van der Waals surface area contributed by atoms with Crippen molar-refractivity contribution in [2.45, 2.75) is 6.18 Å². The van der Waals surface area contributed by atoms with Crippen LogP contribution in [0.2, 0.25) is 20.1 Å². The highest BCUT2D eigenvalue weighted by molar-refractivity contribution is 6.44. The molecule has 0 heterocycles. The number of nitrogens with one attached hydrogen (secondary N) is 2. The second kappa shape index (κ2) is 7.27. The number of alkyl halides is 3. The number of carbonyl (C=O) groups excluding carboxylic acids is 1. The van der Waals surface area contributed by atoms with Crippen LogP contribution in [0.15, 0.2) is 30.3 Å². The van der Waals surface area contributed by atoms with E-state index in [0.29, 0.717) is 5.02 Å². The van der Waals surface area contributed by atoms with Crippen molar-refractivity contribution in [2.75, 3.05) is 10.6 Å². The molecule has 0 unspecified atom stereocenters. The Hall–Kier alpha value is -1.34. The standard InChI is InChI=1S/C14H7Cl4F3N2O/c15-6-1-3-8(16)10(5-6)23-13(24)22-9-4-2-7(14(19,20)21)11(17)12(9)18/h1-5H,(H2,22,23,24). The van der Waals surface area contributed by atoms with Crippen molar-refractivity contribution in [3.63, 3.8) is 0 Å². The Morgan fingerprint density at radius 1 is 0.875 bits per heavy atom. The minimum atomic E-state index is -4.66. The van der Waals surface area contributed by atoms with Crippen LogP contribution in [0.4, 0.5) is 29.3 Å². The van der Waals surface area contributed by atoms with Gasteiger partial charge in [-0.3, -0.25) is 0 Å². The Labute approximate surface area is 154 Å². The molecule has 2 rings (SSSR count). The van der Waals surface area contributed by atoms with Crippen LogP contribution in [0, 0.1) is 0 Å². The number of hydrogen-bond acceptors (Lipinski definition) is 1. The topological polar surface area (TPSA) is 41.1 Å². The summed E-state index contributed by atoms with van der Waals surface area (Å²) in [4.78, 5) is 11.9. The zero-order chi connectivity index (χ0) is 18.1. The van der Waals surface area contributed by atoms with Gasteiger partial charge in [0.1, 0.15) is 0 Å². The Bertz CT molecular complexity index is 796. The maximum atomic E-state index is 12.7. The first-order valence-corrected chi connectivity index (χ1v) is 7.69. The monoisotopic (exact) mass is 416 g/mol. The van der Waals surface area contributed by atoms with E-state index < -0.39 is 27.8 Å². The maximum absolute atomic E-state index is 12.7. The summed E-state index contributed by atoms with van der Waals surface area (Å²) in [7, 11) is 0. The van der Waals surface area contributed by atoms with E-state index in [0.717, 1.165) is 12.1 Å². The Kier molecular flexibility index (Phi) is 5.75. The molecule has 0 fully saturated rings. The van der Waals surface area contributed by atoms with Crippen LogP contribution in [0.3, 0.4) is 0 Å². The molecule has 0 spiro atoms. The average molecular weight is 418 g/mol. The zero-order valence-corrected chi connectivity index (χ0v) is 14.5. The van der Waals surface area contributed by atoms with Gasteiger partial charge in [0.2, 0.25) is 0 Å². The molecule has 0 aliphatic heterocycles. The van der Waals surface area contributed by atoms with Crippen LogP contribution in [0.1, 0.15) is 5.56 Å². The molecule has 2 aromatic carbocycles. The van der Waals surface area contributed by atoms with Gasteiger partial charge in [-0.2, -0.15) is 13.2 Å². The van der Waals surface area contributed by atoms with E-state index >= 15 is 0 Å². The van der Waals surface area contributed by atoms with Gasteiger partial charge < -0.3 is 10.6 Å². The summed E-state index contributed by atoms with van der Waals surface area (Å²) in [6, 6.07) is 5.34. The molecule has 3 nitrogen and oxygen atoms in total. The van der Waals surface area contributed by atoms with Crippen molar-refractivity contribution in [1.29, 1.82) is 0 Å². The SMILES string of the molecule is O=C(Nc1cc(Cl)ccc1Cl)Nc1ccc(C(F)(F)F)c(Cl)c1Cl.